The van der Waals surface area contributed by atoms with Gasteiger partial charge < -0.3 is 24.4 Å². The number of rotatable bonds is 3. The minimum Gasteiger partial charge on any atom is -0.473 e. The van der Waals surface area contributed by atoms with Gasteiger partial charge in [0.1, 0.15) is 17.2 Å². The molecule has 1 aromatic heterocycles. The van der Waals surface area contributed by atoms with Crippen LogP contribution in [0.15, 0.2) is 28.8 Å². The van der Waals surface area contributed by atoms with Gasteiger partial charge in [-0.05, 0) is 44.9 Å². The molecule has 168 valence electrons. The first-order valence-electron chi connectivity index (χ1n) is 10.5. The van der Waals surface area contributed by atoms with Crippen LogP contribution in [0.5, 0.6) is 0 Å². The lowest BCUT2D eigenvalue weighted by Crippen LogP contribution is -2.43. The maximum atomic E-state index is 13.3. The van der Waals surface area contributed by atoms with E-state index in [1.165, 1.54) is 6.42 Å². The number of nitrogens with zero attached hydrogens (tertiary/aromatic N) is 2. The minimum atomic E-state index is -1.82. The molecular formula is C22H28N2O7. The Hall–Kier alpha value is -2.94. The summed E-state index contributed by atoms with van der Waals surface area (Å²) in [7, 11) is 2.11. The molecule has 0 bridgehead atoms. The molecule has 2 aliphatic rings. The molecule has 9 heteroatoms. The van der Waals surface area contributed by atoms with Crippen molar-refractivity contribution >= 4 is 28.9 Å². The Bertz CT molecular complexity index is 913. The summed E-state index contributed by atoms with van der Waals surface area (Å²) >= 11 is 0. The highest BCUT2D eigenvalue weighted by molar-refractivity contribution is 6.27. The second-order valence-corrected chi connectivity index (χ2v) is 8.19. The molecule has 1 aliphatic heterocycles. The molecule has 2 N–H and O–H groups in total. The van der Waals surface area contributed by atoms with Crippen LogP contribution < -0.4 is 0 Å². The van der Waals surface area contributed by atoms with Crippen molar-refractivity contribution in [3.8, 4) is 0 Å². The SMILES string of the molecule is CN1CCC(OC(=O)C2(c3noc4ccccc34)CCCCC2)CC1.O=C(O)C(=O)O. The van der Waals surface area contributed by atoms with Crippen molar-refractivity contribution in [3.63, 3.8) is 0 Å². The van der Waals surface area contributed by atoms with E-state index in [2.05, 4.69) is 17.1 Å². The summed E-state index contributed by atoms with van der Waals surface area (Å²) in [6, 6.07) is 7.81. The quantitative estimate of drug-likeness (QED) is 0.555. The first-order valence-corrected chi connectivity index (χ1v) is 10.5. The van der Waals surface area contributed by atoms with Crippen LogP contribution in [0.2, 0.25) is 0 Å². The number of benzene rings is 1. The summed E-state index contributed by atoms with van der Waals surface area (Å²) < 4.78 is 11.5. The maximum absolute atomic E-state index is 13.3. The van der Waals surface area contributed by atoms with Crippen LogP contribution in [0.25, 0.3) is 11.0 Å². The van der Waals surface area contributed by atoms with Gasteiger partial charge in [-0.2, -0.15) is 0 Å². The van der Waals surface area contributed by atoms with Crippen molar-refractivity contribution in [2.24, 2.45) is 0 Å². The van der Waals surface area contributed by atoms with Crippen LogP contribution in [0.4, 0.5) is 0 Å². The number of aliphatic carboxylic acids is 2. The van der Waals surface area contributed by atoms with E-state index in [1.54, 1.807) is 0 Å². The third kappa shape index (κ3) is 5.22. The van der Waals surface area contributed by atoms with Crippen LogP contribution >= 0.6 is 0 Å². The van der Waals surface area contributed by atoms with Gasteiger partial charge >= 0.3 is 17.9 Å². The number of hydrogen-bond donors (Lipinski definition) is 2. The van der Waals surface area contributed by atoms with Crippen LogP contribution in [-0.2, 0) is 24.5 Å². The second-order valence-electron chi connectivity index (χ2n) is 8.19. The van der Waals surface area contributed by atoms with Crippen molar-refractivity contribution in [1.29, 1.82) is 0 Å². The fourth-order valence-electron chi connectivity index (χ4n) is 4.29. The van der Waals surface area contributed by atoms with Crippen LogP contribution in [0.3, 0.4) is 0 Å². The molecule has 1 saturated carbocycles. The van der Waals surface area contributed by atoms with E-state index in [4.69, 9.17) is 29.1 Å². The molecule has 0 atom stereocenters. The number of para-hydroxylation sites is 1. The molecule has 2 fully saturated rings. The average Bonchev–Trinajstić information content (AvgIpc) is 3.21. The lowest BCUT2D eigenvalue weighted by Gasteiger charge is -2.36. The van der Waals surface area contributed by atoms with E-state index in [0.717, 1.165) is 68.3 Å². The number of carboxylic acid groups (broad SMARTS) is 2. The van der Waals surface area contributed by atoms with E-state index in [9.17, 15) is 4.79 Å². The Balaban J connectivity index is 0.000000401. The molecule has 1 aromatic carbocycles. The second kappa shape index (κ2) is 9.91. The van der Waals surface area contributed by atoms with Crippen molar-refractivity contribution in [2.75, 3.05) is 20.1 Å². The summed E-state index contributed by atoms with van der Waals surface area (Å²) in [5.74, 6) is -3.74. The zero-order valence-corrected chi connectivity index (χ0v) is 17.6. The number of likely N-dealkylation sites (tertiary alicyclic amines) is 1. The van der Waals surface area contributed by atoms with Crippen molar-refractivity contribution in [3.05, 3.63) is 30.0 Å². The van der Waals surface area contributed by atoms with Crippen LogP contribution in [0, 0.1) is 0 Å². The number of carbonyl (C=O) groups is 3. The molecule has 31 heavy (non-hydrogen) atoms. The van der Waals surface area contributed by atoms with Crippen molar-refractivity contribution < 1.29 is 33.9 Å². The molecular weight excluding hydrogens is 404 g/mol. The first kappa shape index (κ1) is 22.7. The van der Waals surface area contributed by atoms with Crippen molar-refractivity contribution in [1.82, 2.24) is 10.1 Å². The summed E-state index contributed by atoms with van der Waals surface area (Å²) in [5, 5.41) is 20.1. The fourth-order valence-corrected chi connectivity index (χ4v) is 4.29. The molecule has 2 aromatic rings. The van der Waals surface area contributed by atoms with Gasteiger partial charge in [-0.1, -0.05) is 36.6 Å². The monoisotopic (exact) mass is 432 g/mol. The van der Waals surface area contributed by atoms with Gasteiger partial charge in [0.2, 0.25) is 0 Å². The Labute approximate surface area is 179 Å². The van der Waals surface area contributed by atoms with E-state index in [-0.39, 0.29) is 12.1 Å². The maximum Gasteiger partial charge on any atom is 0.414 e. The largest absolute Gasteiger partial charge is 0.473 e. The Morgan fingerprint density at radius 1 is 1.06 bits per heavy atom. The van der Waals surface area contributed by atoms with Crippen LogP contribution in [0.1, 0.15) is 50.6 Å². The standard InChI is InChI=1S/C20H26N2O3.C2H2O4/c1-22-13-9-15(10-14-22)24-19(23)20(11-5-2-6-12-20)18-16-7-3-4-8-17(16)25-21-18;3-1(4)2(5)6/h3-4,7-8,15H,2,5-6,9-14H2,1H3;(H,3,4)(H,5,6). The number of esters is 1. The zero-order chi connectivity index (χ0) is 22.4. The lowest BCUT2D eigenvalue weighted by molar-refractivity contribution is -0.160. The number of hydrogen-bond acceptors (Lipinski definition) is 7. The Morgan fingerprint density at radius 2 is 1.68 bits per heavy atom. The number of carbonyl (C=O) groups excluding carboxylic acids is 1. The number of carboxylic acids is 2. The zero-order valence-electron chi connectivity index (χ0n) is 17.6. The highest BCUT2D eigenvalue weighted by Gasteiger charge is 2.47. The molecule has 0 unspecified atom stereocenters. The Kier molecular flexibility index (Phi) is 7.27. The predicted molar refractivity (Wildman–Crippen MR) is 111 cm³/mol. The fraction of sp³-hybridized carbons (Fsp3) is 0.545. The molecule has 9 nitrogen and oxygen atoms in total. The summed E-state index contributed by atoms with van der Waals surface area (Å²) in [4.78, 5) is 33.8. The normalized spacial score (nSPS) is 19.3. The van der Waals surface area contributed by atoms with Gasteiger partial charge in [-0.15, -0.1) is 0 Å². The first-order chi connectivity index (χ1) is 14.8. The van der Waals surface area contributed by atoms with Gasteiger partial charge in [0.15, 0.2) is 5.58 Å². The number of ether oxygens (including phenoxy) is 1. The average molecular weight is 432 g/mol. The molecule has 1 aliphatic carbocycles. The molecule has 2 heterocycles. The summed E-state index contributed by atoms with van der Waals surface area (Å²) in [5.41, 5.74) is 0.879. The highest BCUT2D eigenvalue weighted by Crippen LogP contribution is 2.43. The van der Waals surface area contributed by atoms with Gasteiger partial charge in [0.25, 0.3) is 0 Å². The third-order valence-electron chi connectivity index (χ3n) is 6.05. The number of aromatic nitrogens is 1. The summed E-state index contributed by atoms with van der Waals surface area (Å²) in [6.45, 7) is 1.97. The van der Waals surface area contributed by atoms with E-state index >= 15 is 0 Å². The minimum absolute atomic E-state index is 0.0284. The number of piperidine rings is 1. The smallest absolute Gasteiger partial charge is 0.414 e. The Morgan fingerprint density at radius 3 is 2.29 bits per heavy atom. The topological polar surface area (TPSA) is 130 Å². The van der Waals surface area contributed by atoms with Gasteiger partial charge in [-0.25, -0.2) is 9.59 Å². The third-order valence-corrected chi connectivity index (χ3v) is 6.05. The van der Waals surface area contributed by atoms with Gasteiger partial charge in [-0.3, -0.25) is 4.79 Å². The molecule has 4 rings (SSSR count). The lowest BCUT2D eigenvalue weighted by atomic mass is 9.71. The van der Waals surface area contributed by atoms with E-state index in [0.29, 0.717) is 0 Å². The number of fused-ring (bicyclic) bond motifs is 1. The predicted octanol–water partition coefficient (Wildman–Crippen LogP) is 2.82. The summed E-state index contributed by atoms with van der Waals surface area (Å²) in [6.07, 6.45) is 6.69. The van der Waals surface area contributed by atoms with Crippen molar-refractivity contribution in [2.45, 2.75) is 56.5 Å². The molecule has 0 radical (unpaired) electrons. The molecule has 1 saturated heterocycles. The molecule has 0 spiro atoms. The highest BCUT2D eigenvalue weighted by atomic mass is 16.5. The van der Waals surface area contributed by atoms with E-state index < -0.39 is 17.4 Å². The van der Waals surface area contributed by atoms with Gasteiger partial charge in [0.05, 0.1) is 0 Å². The van der Waals surface area contributed by atoms with Crippen LogP contribution in [-0.4, -0.2) is 64.4 Å². The van der Waals surface area contributed by atoms with E-state index in [1.807, 2.05) is 24.3 Å². The van der Waals surface area contributed by atoms with Gasteiger partial charge in [0, 0.05) is 18.5 Å². The molecule has 0 amide bonds.